The van der Waals surface area contributed by atoms with Crippen LogP contribution in [0, 0.1) is 11.8 Å². The average molecular weight is 892 g/mol. The molecule has 6 nitrogen and oxygen atoms in total. The Labute approximate surface area is 393 Å². The summed E-state index contributed by atoms with van der Waals surface area (Å²) in [6, 6.07) is 0. The van der Waals surface area contributed by atoms with Crippen LogP contribution in [-0.4, -0.2) is 37.2 Å². The number of ether oxygens (including phenoxy) is 3. The lowest BCUT2D eigenvalue weighted by Crippen LogP contribution is -2.30. The third-order valence-electron chi connectivity index (χ3n) is 13.3. The van der Waals surface area contributed by atoms with E-state index in [2.05, 4.69) is 34.6 Å². The SMILES string of the molecule is CCCCCCCCCCCCCCCCCCCC(=O)OC[C@@H](COC(=O)CCCCCCCCCCC(C)CC)OC(=O)CCCCCCCCCCCCCCCC(C)C. The molecule has 0 aliphatic rings. The highest BCUT2D eigenvalue weighted by atomic mass is 16.6. The molecule has 0 heterocycles. The highest BCUT2D eigenvalue weighted by Gasteiger charge is 2.19. The fourth-order valence-corrected chi connectivity index (χ4v) is 8.66. The number of carbonyl (C=O) groups is 3. The molecular formula is C57H110O6. The van der Waals surface area contributed by atoms with Crippen molar-refractivity contribution >= 4 is 17.9 Å². The lowest BCUT2D eigenvalue weighted by atomic mass is 9.99. The molecule has 0 aromatic heterocycles. The summed E-state index contributed by atoms with van der Waals surface area (Å²) in [6.45, 7) is 11.4. The second-order valence-corrected chi connectivity index (χ2v) is 20.3. The Morgan fingerprint density at radius 1 is 0.333 bits per heavy atom. The number of carbonyl (C=O) groups excluding carboxylic acids is 3. The summed E-state index contributed by atoms with van der Waals surface area (Å²) in [5.41, 5.74) is 0. The van der Waals surface area contributed by atoms with Gasteiger partial charge in [-0.1, -0.05) is 279 Å². The molecule has 0 radical (unpaired) electrons. The Morgan fingerprint density at radius 2 is 0.603 bits per heavy atom. The van der Waals surface area contributed by atoms with Crippen molar-refractivity contribution in [3.63, 3.8) is 0 Å². The number of hydrogen-bond acceptors (Lipinski definition) is 6. The van der Waals surface area contributed by atoms with E-state index in [1.165, 1.54) is 205 Å². The molecule has 0 aliphatic heterocycles. The monoisotopic (exact) mass is 891 g/mol. The molecule has 0 saturated carbocycles. The van der Waals surface area contributed by atoms with Gasteiger partial charge in [0.1, 0.15) is 13.2 Å². The molecule has 0 fully saturated rings. The molecule has 2 atom stereocenters. The molecule has 1 unspecified atom stereocenters. The molecule has 0 amide bonds. The molecule has 0 aliphatic carbocycles. The van der Waals surface area contributed by atoms with E-state index in [0.717, 1.165) is 69.6 Å². The van der Waals surface area contributed by atoms with Gasteiger partial charge in [0.25, 0.3) is 0 Å². The highest BCUT2D eigenvalue weighted by molar-refractivity contribution is 5.71. The predicted octanol–water partition coefficient (Wildman–Crippen LogP) is 18.5. The molecule has 63 heavy (non-hydrogen) atoms. The Hall–Kier alpha value is -1.59. The van der Waals surface area contributed by atoms with Gasteiger partial charge in [-0.05, 0) is 31.1 Å². The Bertz CT molecular complexity index is 964. The largest absolute Gasteiger partial charge is 0.462 e. The molecule has 374 valence electrons. The van der Waals surface area contributed by atoms with Crippen molar-refractivity contribution in [2.24, 2.45) is 11.8 Å². The van der Waals surface area contributed by atoms with Crippen LogP contribution >= 0.6 is 0 Å². The molecule has 0 rings (SSSR count). The average Bonchev–Trinajstić information content (AvgIpc) is 3.27. The summed E-state index contributed by atoms with van der Waals surface area (Å²) in [5.74, 6) is 0.843. The van der Waals surface area contributed by atoms with Crippen molar-refractivity contribution in [3.8, 4) is 0 Å². The van der Waals surface area contributed by atoms with Gasteiger partial charge in [-0.3, -0.25) is 14.4 Å². The van der Waals surface area contributed by atoms with Gasteiger partial charge in [-0.2, -0.15) is 0 Å². The lowest BCUT2D eigenvalue weighted by Gasteiger charge is -2.18. The van der Waals surface area contributed by atoms with Crippen LogP contribution in [0.3, 0.4) is 0 Å². The minimum absolute atomic E-state index is 0.0632. The van der Waals surface area contributed by atoms with Crippen molar-refractivity contribution < 1.29 is 28.6 Å². The molecule has 0 spiro atoms. The van der Waals surface area contributed by atoms with Gasteiger partial charge < -0.3 is 14.2 Å². The van der Waals surface area contributed by atoms with Gasteiger partial charge in [0.2, 0.25) is 0 Å². The molecule has 0 aromatic rings. The lowest BCUT2D eigenvalue weighted by molar-refractivity contribution is -0.167. The minimum atomic E-state index is -0.763. The van der Waals surface area contributed by atoms with E-state index in [4.69, 9.17) is 14.2 Å². The fraction of sp³-hybridized carbons (Fsp3) is 0.947. The number of esters is 3. The van der Waals surface area contributed by atoms with E-state index in [9.17, 15) is 14.4 Å². The Morgan fingerprint density at radius 3 is 0.905 bits per heavy atom. The number of rotatable bonds is 51. The van der Waals surface area contributed by atoms with Gasteiger partial charge in [-0.15, -0.1) is 0 Å². The topological polar surface area (TPSA) is 78.9 Å². The van der Waals surface area contributed by atoms with Crippen LogP contribution in [0.2, 0.25) is 0 Å². The maximum Gasteiger partial charge on any atom is 0.306 e. The predicted molar refractivity (Wildman–Crippen MR) is 270 cm³/mol. The fourth-order valence-electron chi connectivity index (χ4n) is 8.66. The second-order valence-electron chi connectivity index (χ2n) is 20.3. The van der Waals surface area contributed by atoms with E-state index in [1.54, 1.807) is 0 Å². The maximum atomic E-state index is 12.8. The zero-order valence-corrected chi connectivity index (χ0v) is 43.2. The molecule has 0 N–H and O–H groups in total. The summed E-state index contributed by atoms with van der Waals surface area (Å²) in [4.78, 5) is 38.1. The summed E-state index contributed by atoms with van der Waals surface area (Å²) < 4.78 is 16.9. The van der Waals surface area contributed by atoms with Gasteiger partial charge in [-0.25, -0.2) is 0 Å². The normalized spacial score (nSPS) is 12.5. The third kappa shape index (κ3) is 49.7. The smallest absolute Gasteiger partial charge is 0.306 e. The van der Waals surface area contributed by atoms with Crippen molar-refractivity contribution in [2.45, 2.75) is 323 Å². The van der Waals surface area contributed by atoms with Crippen LogP contribution in [0.5, 0.6) is 0 Å². The van der Waals surface area contributed by atoms with Crippen LogP contribution in [-0.2, 0) is 28.6 Å². The van der Waals surface area contributed by atoms with Crippen LogP contribution in [0.4, 0.5) is 0 Å². The summed E-state index contributed by atoms with van der Waals surface area (Å²) in [6.07, 6.45) is 52.3. The van der Waals surface area contributed by atoms with Crippen molar-refractivity contribution in [3.05, 3.63) is 0 Å². The zero-order chi connectivity index (χ0) is 46.1. The van der Waals surface area contributed by atoms with Gasteiger partial charge in [0.15, 0.2) is 6.10 Å². The van der Waals surface area contributed by atoms with Crippen molar-refractivity contribution in [1.82, 2.24) is 0 Å². The molecular weight excluding hydrogens is 781 g/mol. The number of hydrogen-bond donors (Lipinski definition) is 0. The maximum absolute atomic E-state index is 12.8. The van der Waals surface area contributed by atoms with Gasteiger partial charge in [0.05, 0.1) is 0 Å². The molecule has 0 saturated heterocycles. The summed E-state index contributed by atoms with van der Waals surface area (Å²) in [7, 11) is 0. The Kier molecular flexibility index (Phi) is 48.6. The van der Waals surface area contributed by atoms with E-state index in [1.807, 2.05) is 0 Å². The van der Waals surface area contributed by atoms with Crippen LogP contribution in [0.1, 0.15) is 317 Å². The first-order valence-electron chi connectivity index (χ1n) is 28.3. The van der Waals surface area contributed by atoms with Crippen molar-refractivity contribution in [1.29, 1.82) is 0 Å². The van der Waals surface area contributed by atoms with E-state index < -0.39 is 6.10 Å². The molecule has 6 heteroatoms. The molecule has 0 aromatic carbocycles. The first kappa shape index (κ1) is 61.4. The number of unbranched alkanes of at least 4 members (excludes halogenated alkanes) is 35. The van der Waals surface area contributed by atoms with E-state index in [-0.39, 0.29) is 31.1 Å². The minimum Gasteiger partial charge on any atom is -0.462 e. The zero-order valence-electron chi connectivity index (χ0n) is 43.2. The van der Waals surface area contributed by atoms with Crippen LogP contribution in [0.25, 0.3) is 0 Å². The second kappa shape index (κ2) is 49.8. The van der Waals surface area contributed by atoms with E-state index >= 15 is 0 Å². The standard InChI is InChI=1S/C57H110O6/c1-6-8-9-10-11-12-13-14-15-16-17-20-23-26-32-37-42-47-55(58)61-50-54(51-62-56(59)48-43-38-33-29-28-31-36-41-46-53(5)7-2)63-57(60)49-44-39-34-27-24-21-18-19-22-25-30-35-40-45-52(3)4/h52-54H,6-51H2,1-5H3/t53?,54-/m0/s1. The summed E-state index contributed by atoms with van der Waals surface area (Å²) >= 11 is 0. The first-order chi connectivity index (χ1) is 30.8. The highest BCUT2D eigenvalue weighted by Crippen LogP contribution is 2.18. The first-order valence-corrected chi connectivity index (χ1v) is 28.3. The third-order valence-corrected chi connectivity index (χ3v) is 13.3. The van der Waals surface area contributed by atoms with Gasteiger partial charge >= 0.3 is 17.9 Å². The van der Waals surface area contributed by atoms with Crippen molar-refractivity contribution in [2.75, 3.05) is 13.2 Å². The quantitative estimate of drug-likeness (QED) is 0.0344. The van der Waals surface area contributed by atoms with E-state index in [0.29, 0.717) is 19.3 Å². The van der Waals surface area contributed by atoms with Crippen LogP contribution < -0.4 is 0 Å². The Balaban J connectivity index is 4.29. The molecule has 0 bridgehead atoms. The van der Waals surface area contributed by atoms with Crippen LogP contribution in [0.15, 0.2) is 0 Å². The van der Waals surface area contributed by atoms with Gasteiger partial charge in [0, 0.05) is 19.3 Å². The summed E-state index contributed by atoms with van der Waals surface area (Å²) in [5, 5.41) is 0.